The summed E-state index contributed by atoms with van der Waals surface area (Å²) in [6, 6.07) is 8.56. The van der Waals surface area contributed by atoms with E-state index in [4.69, 9.17) is 16.3 Å². The van der Waals surface area contributed by atoms with Crippen molar-refractivity contribution in [2.75, 3.05) is 24.5 Å². The van der Waals surface area contributed by atoms with E-state index in [9.17, 15) is 0 Å². The van der Waals surface area contributed by atoms with E-state index in [1.165, 1.54) is 5.69 Å². The fourth-order valence-electron chi connectivity index (χ4n) is 4.02. The quantitative estimate of drug-likeness (QED) is 0.503. The summed E-state index contributed by atoms with van der Waals surface area (Å²) < 4.78 is 7.94. The van der Waals surface area contributed by atoms with Crippen LogP contribution in [0.25, 0.3) is 22.6 Å². The van der Waals surface area contributed by atoms with Gasteiger partial charge in [0.05, 0.1) is 17.5 Å². The number of hydrogen-bond donors (Lipinski definition) is 2. The van der Waals surface area contributed by atoms with Crippen molar-refractivity contribution in [3.05, 3.63) is 47.4 Å². The number of halogens is 1. The van der Waals surface area contributed by atoms with Crippen LogP contribution in [0.1, 0.15) is 12.6 Å². The molecule has 4 aromatic rings. The molecule has 8 nitrogen and oxygen atoms in total. The van der Waals surface area contributed by atoms with Crippen LogP contribution in [-0.2, 0) is 7.05 Å². The molecule has 1 atom stereocenters. The summed E-state index contributed by atoms with van der Waals surface area (Å²) in [4.78, 5) is 14.7. The molecular weight excluding hydrogens is 414 g/mol. The van der Waals surface area contributed by atoms with Gasteiger partial charge in [-0.2, -0.15) is 5.10 Å². The van der Waals surface area contributed by atoms with Gasteiger partial charge < -0.3 is 19.9 Å². The minimum absolute atomic E-state index is 0.422. The Morgan fingerprint density at radius 3 is 2.74 bits per heavy atom. The van der Waals surface area contributed by atoms with Crippen LogP contribution < -0.4 is 15.0 Å². The van der Waals surface area contributed by atoms with Crippen LogP contribution in [0, 0.1) is 6.92 Å². The summed E-state index contributed by atoms with van der Waals surface area (Å²) in [7, 11) is 1.88. The molecule has 1 aromatic carbocycles. The zero-order valence-electron chi connectivity index (χ0n) is 17.7. The van der Waals surface area contributed by atoms with Crippen LogP contribution in [0.5, 0.6) is 11.5 Å². The molecule has 9 heteroatoms. The lowest BCUT2D eigenvalue weighted by molar-refractivity contribution is 0.485. The Morgan fingerprint density at radius 1 is 1.23 bits per heavy atom. The van der Waals surface area contributed by atoms with Gasteiger partial charge in [0.1, 0.15) is 22.1 Å². The van der Waals surface area contributed by atoms with Gasteiger partial charge in [-0.25, -0.2) is 9.97 Å². The number of imidazole rings is 1. The summed E-state index contributed by atoms with van der Waals surface area (Å²) in [5, 5.41) is 8.23. The van der Waals surface area contributed by atoms with Crippen LogP contribution in [0.3, 0.4) is 0 Å². The lowest BCUT2D eigenvalue weighted by atomic mass is 10.2. The number of aromatic amines is 1. The number of rotatable bonds is 4. The fraction of sp³-hybridized carbons (Fsp3) is 0.318. The van der Waals surface area contributed by atoms with Crippen molar-refractivity contribution in [3.63, 3.8) is 0 Å². The van der Waals surface area contributed by atoms with Crippen molar-refractivity contribution < 1.29 is 4.74 Å². The minimum Gasteiger partial charge on any atom is -0.453 e. The highest BCUT2D eigenvalue weighted by atomic mass is 35.5. The topological polar surface area (TPSA) is 83.9 Å². The van der Waals surface area contributed by atoms with E-state index >= 15 is 0 Å². The number of nitrogens with one attached hydrogen (secondary N) is 2. The number of ether oxygens (including phenoxy) is 1. The highest BCUT2D eigenvalue weighted by molar-refractivity contribution is 6.32. The van der Waals surface area contributed by atoms with Crippen molar-refractivity contribution in [2.45, 2.75) is 19.9 Å². The molecule has 0 aliphatic carbocycles. The van der Waals surface area contributed by atoms with Gasteiger partial charge in [0.25, 0.3) is 0 Å². The molecule has 2 N–H and O–H groups in total. The summed E-state index contributed by atoms with van der Waals surface area (Å²) in [6.07, 6.45) is 3.49. The first kappa shape index (κ1) is 19.8. The number of pyridine rings is 1. The summed E-state index contributed by atoms with van der Waals surface area (Å²) in [5.41, 5.74) is 4.18. The molecule has 1 aliphatic heterocycles. The molecule has 0 spiro atoms. The van der Waals surface area contributed by atoms with Crippen LogP contribution in [-0.4, -0.2) is 50.4 Å². The average molecular weight is 438 g/mol. The van der Waals surface area contributed by atoms with Crippen LogP contribution in [0.2, 0.25) is 5.02 Å². The number of H-pyrrole nitrogens is 1. The molecular formula is C22H24ClN7O. The number of aromatic nitrogens is 5. The molecule has 160 valence electrons. The molecule has 31 heavy (non-hydrogen) atoms. The molecule has 1 saturated heterocycles. The summed E-state index contributed by atoms with van der Waals surface area (Å²) in [5.74, 6) is 1.90. The third-order valence-electron chi connectivity index (χ3n) is 5.59. The van der Waals surface area contributed by atoms with Crippen LogP contribution in [0.4, 0.5) is 5.69 Å². The number of piperazine rings is 1. The Kier molecular flexibility index (Phi) is 5.03. The highest BCUT2D eigenvalue weighted by Crippen LogP contribution is 2.36. The van der Waals surface area contributed by atoms with Gasteiger partial charge in [0.2, 0.25) is 0 Å². The zero-order valence-corrected chi connectivity index (χ0v) is 18.4. The second-order valence-electron chi connectivity index (χ2n) is 7.86. The van der Waals surface area contributed by atoms with Crippen molar-refractivity contribution in [1.82, 2.24) is 30.0 Å². The van der Waals surface area contributed by atoms with E-state index in [1.54, 1.807) is 10.9 Å². The molecule has 4 heterocycles. The molecule has 0 unspecified atom stereocenters. The first-order chi connectivity index (χ1) is 15.0. The number of anilines is 1. The monoisotopic (exact) mass is 437 g/mol. The number of nitrogens with zero attached hydrogens (tertiary/aromatic N) is 5. The smallest absolute Gasteiger partial charge is 0.182 e. The Bertz CT molecular complexity index is 1230. The molecule has 1 aliphatic rings. The highest BCUT2D eigenvalue weighted by Gasteiger charge is 2.19. The first-order valence-corrected chi connectivity index (χ1v) is 10.7. The van der Waals surface area contributed by atoms with Crippen molar-refractivity contribution >= 4 is 28.5 Å². The maximum absolute atomic E-state index is 6.45. The molecule has 0 saturated carbocycles. The van der Waals surface area contributed by atoms with Crippen molar-refractivity contribution in [1.29, 1.82) is 0 Å². The molecule has 0 radical (unpaired) electrons. The van der Waals surface area contributed by atoms with Crippen LogP contribution in [0.15, 0.2) is 36.7 Å². The van der Waals surface area contributed by atoms with E-state index in [1.807, 2.05) is 32.3 Å². The Labute approximate surface area is 185 Å². The van der Waals surface area contributed by atoms with Gasteiger partial charge in [-0.1, -0.05) is 11.6 Å². The predicted molar refractivity (Wildman–Crippen MR) is 122 cm³/mol. The lowest BCUT2D eigenvalue weighted by Crippen LogP contribution is -2.49. The summed E-state index contributed by atoms with van der Waals surface area (Å²) >= 11 is 6.45. The molecule has 0 amide bonds. The number of aryl methyl sites for hydroxylation is 2. The molecule has 5 rings (SSSR count). The molecule has 0 bridgehead atoms. The SMILES string of the molecule is Cc1nn(C)cc1-c1nc2ncc(Cl)c(Oc3ccc(N4CCNC[C@H]4C)cc3)c2[nH]1. The normalized spacial score (nSPS) is 16.8. The molecule has 1 fully saturated rings. The van der Waals surface area contributed by atoms with E-state index in [0.717, 1.165) is 30.9 Å². The van der Waals surface area contributed by atoms with Gasteiger partial charge in [-0.15, -0.1) is 0 Å². The third-order valence-corrected chi connectivity index (χ3v) is 5.86. The third kappa shape index (κ3) is 3.73. The number of fused-ring (bicyclic) bond motifs is 1. The van der Waals surface area contributed by atoms with E-state index < -0.39 is 0 Å². The van der Waals surface area contributed by atoms with Gasteiger partial charge in [-0.05, 0) is 38.1 Å². The van der Waals surface area contributed by atoms with Gasteiger partial charge in [-0.3, -0.25) is 4.68 Å². The Hall–Kier alpha value is -3.10. The van der Waals surface area contributed by atoms with Crippen molar-refractivity contribution in [3.8, 4) is 22.9 Å². The average Bonchev–Trinajstić information content (AvgIpc) is 3.33. The maximum Gasteiger partial charge on any atom is 0.182 e. The second kappa shape index (κ2) is 7.86. The maximum atomic E-state index is 6.45. The van der Waals surface area contributed by atoms with Gasteiger partial charge >= 0.3 is 0 Å². The van der Waals surface area contributed by atoms with Crippen molar-refractivity contribution in [2.24, 2.45) is 7.05 Å². The van der Waals surface area contributed by atoms with Gasteiger partial charge in [0.15, 0.2) is 11.4 Å². The molecule has 3 aromatic heterocycles. The van der Waals surface area contributed by atoms with Crippen LogP contribution >= 0.6 is 11.6 Å². The van der Waals surface area contributed by atoms with E-state index in [-0.39, 0.29) is 0 Å². The number of benzene rings is 1. The second-order valence-corrected chi connectivity index (χ2v) is 8.27. The van der Waals surface area contributed by atoms with Gasteiger partial charge in [0, 0.05) is 44.6 Å². The fourth-order valence-corrected chi connectivity index (χ4v) is 4.20. The Morgan fingerprint density at radius 2 is 2.03 bits per heavy atom. The summed E-state index contributed by atoms with van der Waals surface area (Å²) in [6.45, 7) is 7.14. The predicted octanol–water partition coefficient (Wildman–Crippen LogP) is 3.91. The number of hydrogen-bond acceptors (Lipinski definition) is 6. The Balaban J connectivity index is 1.46. The lowest BCUT2D eigenvalue weighted by Gasteiger charge is -2.35. The zero-order chi connectivity index (χ0) is 21.5. The van der Waals surface area contributed by atoms with E-state index in [0.29, 0.717) is 39.6 Å². The van der Waals surface area contributed by atoms with E-state index in [2.05, 4.69) is 49.3 Å². The first-order valence-electron chi connectivity index (χ1n) is 10.3. The standard InChI is InChI=1S/C22H24ClN7O/c1-13-10-24-8-9-30(13)15-4-6-16(7-5-15)31-20-18(23)11-25-22-19(20)26-21(27-22)17-12-29(3)28-14(17)2/h4-7,11-13,24H,8-10H2,1-3H3,(H,25,26,27)/t13-/m1/s1. The largest absolute Gasteiger partial charge is 0.453 e. The minimum atomic E-state index is 0.422.